The highest BCUT2D eigenvalue weighted by molar-refractivity contribution is 5.57. The summed E-state index contributed by atoms with van der Waals surface area (Å²) in [6.07, 6.45) is 1.65. The van der Waals surface area contributed by atoms with Gasteiger partial charge in [0.25, 0.3) is 0 Å². The van der Waals surface area contributed by atoms with Crippen LogP contribution in [0.25, 0.3) is 11.5 Å². The van der Waals surface area contributed by atoms with Gasteiger partial charge < -0.3 is 9.73 Å². The van der Waals surface area contributed by atoms with Crippen molar-refractivity contribution in [3.05, 3.63) is 30.3 Å². The highest BCUT2D eigenvalue weighted by Crippen LogP contribution is 2.22. The van der Waals surface area contributed by atoms with Crippen molar-refractivity contribution in [2.75, 3.05) is 11.9 Å². The molecule has 2 aromatic heterocycles. The van der Waals surface area contributed by atoms with Crippen LogP contribution < -0.4 is 5.32 Å². The average Bonchev–Trinajstić information content (AvgIpc) is 2.82. The van der Waals surface area contributed by atoms with Gasteiger partial charge in [0.2, 0.25) is 0 Å². The Morgan fingerprint density at radius 1 is 1.35 bits per heavy atom. The summed E-state index contributed by atoms with van der Waals surface area (Å²) in [5.41, 5.74) is 0.824. The number of hydrogen-bond donors (Lipinski definition) is 1. The molecule has 0 spiro atoms. The number of hydrogen-bond acceptors (Lipinski definition) is 4. The van der Waals surface area contributed by atoms with Gasteiger partial charge >= 0.3 is 0 Å². The van der Waals surface area contributed by atoms with Crippen LogP contribution >= 0.6 is 0 Å². The summed E-state index contributed by atoms with van der Waals surface area (Å²) in [6.45, 7) is 7.05. The second-order valence-corrected chi connectivity index (χ2v) is 4.16. The zero-order valence-corrected chi connectivity index (χ0v) is 10.4. The van der Waals surface area contributed by atoms with Gasteiger partial charge in [0.15, 0.2) is 5.76 Å². The maximum Gasteiger partial charge on any atom is 0.152 e. The first-order valence-electron chi connectivity index (χ1n) is 5.87. The normalized spacial score (nSPS) is 10.8. The molecule has 0 amide bonds. The van der Waals surface area contributed by atoms with E-state index in [9.17, 15) is 0 Å². The third-order valence-electron chi connectivity index (χ3n) is 2.39. The van der Waals surface area contributed by atoms with E-state index in [4.69, 9.17) is 4.42 Å². The zero-order chi connectivity index (χ0) is 12.3. The Labute approximate surface area is 101 Å². The van der Waals surface area contributed by atoms with E-state index in [0.29, 0.717) is 5.92 Å². The first-order valence-corrected chi connectivity index (χ1v) is 5.87. The second-order valence-electron chi connectivity index (χ2n) is 4.16. The molecule has 0 atom stereocenters. The van der Waals surface area contributed by atoms with Crippen LogP contribution in [0.5, 0.6) is 0 Å². The second kappa shape index (κ2) is 4.99. The van der Waals surface area contributed by atoms with E-state index in [1.807, 2.05) is 25.1 Å². The number of furan rings is 1. The first kappa shape index (κ1) is 11.6. The molecule has 0 saturated carbocycles. The molecular formula is C13H17N3O. The summed E-state index contributed by atoms with van der Waals surface area (Å²) >= 11 is 0. The van der Waals surface area contributed by atoms with Crippen molar-refractivity contribution >= 4 is 5.82 Å². The summed E-state index contributed by atoms with van der Waals surface area (Å²) in [6, 6.07) is 5.68. The van der Waals surface area contributed by atoms with E-state index >= 15 is 0 Å². The molecule has 1 N–H and O–H groups in total. The lowest BCUT2D eigenvalue weighted by Crippen LogP contribution is -2.05. The molecule has 0 aromatic carbocycles. The number of nitrogens with one attached hydrogen (secondary N) is 1. The molecule has 17 heavy (non-hydrogen) atoms. The van der Waals surface area contributed by atoms with Crippen molar-refractivity contribution in [1.82, 2.24) is 9.97 Å². The van der Waals surface area contributed by atoms with Crippen molar-refractivity contribution in [2.45, 2.75) is 26.7 Å². The van der Waals surface area contributed by atoms with E-state index in [-0.39, 0.29) is 0 Å². The summed E-state index contributed by atoms with van der Waals surface area (Å²) in [4.78, 5) is 8.98. The molecule has 0 radical (unpaired) electrons. The van der Waals surface area contributed by atoms with Crippen molar-refractivity contribution in [3.8, 4) is 11.5 Å². The van der Waals surface area contributed by atoms with Crippen molar-refractivity contribution in [3.63, 3.8) is 0 Å². The molecule has 0 saturated heterocycles. The lowest BCUT2D eigenvalue weighted by molar-refractivity contribution is 0.578. The molecule has 0 bridgehead atoms. The number of nitrogens with zero attached hydrogens (tertiary/aromatic N) is 2. The maximum atomic E-state index is 5.37. The van der Waals surface area contributed by atoms with Crippen LogP contribution in [0.1, 0.15) is 32.5 Å². The predicted molar refractivity (Wildman–Crippen MR) is 68.0 cm³/mol. The highest BCUT2D eigenvalue weighted by Gasteiger charge is 2.10. The SMILES string of the molecule is CCNc1cc(-c2ccco2)nc(C(C)C)n1. The highest BCUT2D eigenvalue weighted by atomic mass is 16.3. The molecule has 2 heterocycles. The molecule has 4 nitrogen and oxygen atoms in total. The number of rotatable bonds is 4. The van der Waals surface area contributed by atoms with Gasteiger partial charge in [-0.25, -0.2) is 9.97 Å². The van der Waals surface area contributed by atoms with Crippen molar-refractivity contribution in [1.29, 1.82) is 0 Å². The van der Waals surface area contributed by atoms with Crippen LogP contribution in [0.3, 0.4) is 0 Å². The molecule has 0 aliphatic rings. The quantitative estimate of drug-likeness (QED) is 0.877. The largest absolute Gasteiger partial charge is 0.463 e. The summed E-state index contributed by atoms with van der Waals surface area (Å²) in [5, 5.41) is 3.21. The number of aromatic nitrogens is 2. The molecule has 0 unspecified atom stereocenters. The minimum Gasteiger partial charge on any atom is -0.463 e. The Morgan fingerprint density at radius 2 is 2.18 bits per heavy atom. The number of anilines is 1. The monoisotopic (exact) mass is 231 g/mol. The Hall–Kier alpha value is -1.84. The molecule has 2 rings (SSSR count). The van der Waals surface area contributed by atoms with Crippen LogP contribution in [-0.2, 0) is 0 Å². The van der Waals surface area contributed by atoms with Crippen molar-refractivity contribution < 1.29 is 4.42 Å². The van der Waals surface area contributed by atoms with Gasteiger partial charge in [-0.2, -0.15) is 0 Å². The van der Waals surface area contributed by atoms with Crippen molar-refractivity contribution in [2.24, 2.45) is 0 Å². The predicted octanol–water partition coefficient (Wildman–Crippen LogP) is 3.29. The molecule has 0 aliphatic heterocycles. The first-order chi connectivity index (χ1) is 8.20. The molecule has 2 aromatic rings. The lowest BCUT2D eigenvalue weighted by Gasteiger charge is -2.09. The molecule has 90 valence electrons. The van der Waals surface area contributed by atoms with Gasteiger partial charge in [0.05, 0.1) is 6.26 Å². The van der Waals surface area contributed by atoms with E-state index in [0.717, 1.165) is 29.6 Å². The van der Waals surface area contributed by atoms with Gasteiger partial charge in [-0.1, -0.05) is 13.8 Å². The van der Waals surface area contributed by atoms with Gasteiger partial charge in [-0.3, -0.25) is 0 Å². The Morgan fingerprint density at radius 3 is 2.76 bits per heavy atom. The molecule has 0 aliphatic carbocycles. The molecule has 0 fully saturated rings. The summed E-state index contributed by atoms with van der Waals surface area (Å²) < 4.78 is 5.37. The standard InChI is InChI=1S/C13H17N3O/c1-4-14-12-8-10(11-6-5-7-17-11)15-13(16-12)9(2)3/h5-9H,4H2,1-3H3,(H,14,15,16). The van der Waals surface area contributed by atoms with E-state index in [2.05, 4.69) is 29.1 Å². The topological polar surface area (TPSA) is 51.0 Å². The fraction of sp³-hybridized carbons (Fsp3) is 0.385. The van der Waals surface area contributed by atoms with Crippen LogP contribution in [0.4, 0.5) is 5.82 Å². The third-order valence-corrected chi connectivity index (χ3v) is 2.39. The summed E-state index contributed by atoms with van der Waals surface area (Å²) in [7, 11) is 0. The lowest BCUT2D eigenvalue weighted by atomic mass is 10.2. The molecular weight excluding hydrogens is 214 g/mol. The minimum atomic E-state index is 0.294. The van der Waals surface area contributed by atoms with Gasteiger partial charge in [0, 0.05) is 18.5 Å². The van der Waals surface area contributed by atoms with E-state index < -0.39 is 0 Å². The maximum absolute atomic E-state index is 5.37. The van der Waals surface area contributed by atoms with Gasteiger partial charge in [-0.05, 0) is 19.1 Å². The van der Waals surface area contributed by atoms with Gasteiger partial charge in [-0.15, -0.1) is 0 Å². The Bertz CT molecular complexity index is 477. The van der Waals surface area contributed by atoms with Gasteiger partial charge in [0.1, 0.15) is 17.3 Å². The van der Waals surface area contributed by atoms with Crippen LogP contribution in [0, 0.1) is 0 Å². The fourth-order valence-corrected chi connectivity index (χ4v) is 1.55. The van der Waals surface area contributed by atoms with Crippen LogP contribution in [0.2, 0.25) is 0 Å². The average molecular weight is 231 g/mol. The van der Waals surface area contributed by atoms with Crippen LogP contribution in [-0.4, -0.2) is 16.5 Å². The fourth-order valence-electron chi connectivity index (χ4n) is 1.55. The Balaban J connectivity index is 2.44. The van der Waals surface area contributed by atoms with E-state index in [1.54, 1.807) is 6.26 Å². The summed E-state index contributed by atoms with van der Waals surface area (Å²) in [5.74, 6) is 2.74. The zero-order valence-electron chi connectivity index (χ0n) is 10.4. The minimum absolute atomic E-state index is 0.294. The van der Waals surface area contributed by atoms with E-state index in [1.165, 1.54) is 0 Å². The molecule has 4 heteroatoms. The third kappa shape index (κ3) is 2.64. The Kier molecular flexibility index (Phi) is 3.42. The smallest absolute Gasteiger partial charge is 0.152 e. The van der Waals surface area contributed by atoms with Crippen LogP contribution in [0.15, 0.2) is 28.9 Å².